The van der Waals surface area contributed by atoms with Crippen molar-refractivity contribution in [3.63, 3.8) is 0 Å². The van der Waals surface area contributed by atoms with Crippen LogP contribution in [0.1, 0.15) is 15.9 Å². The van der Waals surface area contributed by atoms with Crippen LogP contribution in [0.2, 0.25) is 0 Å². The predicted octanol–water partition coefficient (Wildman–Crippen LogP) is 1.79. The van der Waals surface area contributed by atoms with Gasteiger partial charge >= 0.3 is 12.0 Å². The second-order valence-electron chi connectivity index (χ2n) is 3.63. The van der Waals surface area contributed by atoms with Gasteiger partial charge in [0.1, 0.15) is 0 Å². The molecule has 1 aromatic rings. The summed E-state index contributed by atoms with van der Waals surface area (Å²) in [5.41, 5.74) is 1.15. The number of nitrogens with one attached hydrogen (secondary N) is 1. The van der Waals surface area contributed by atoms with Crippen molar-refractivity contribution in [1.82, 2.24) is 4.90 Å². The highest BCUT2D eigenvalue weighted by Gasteiger charge is 2.14. The van der Waals surface area contributed by atoms with Gasteiger partial charge in [0.15, 0.2) is 0 Å². The molecule has 0 bridgehead atoms. The zero-order valence-electron chi connectivity index (χ0n) is 9.44. The second-order valence-corrected chi connectivity index (χ2v) is 3.63. The number of aryl methyl sites for hydroxylation is 1. The fourth-order valence-corrected chi connectivity index (χ4v) is 1.23. The lowest BCUT2D eigenvalue weighted by atomic mass is 10.1. The molecule has 5 nitrogen and oxygen atoms in total. The van der Waals surface area contributed by atoms with Crippen molar-refractivity contribution in [2.45, 2.75) is 6.92 Å². The Hall–Kier alpha value is -2.04. The summed E-state index contributed by atoms with van der Waals surface area (Å²) < 4.78 is 0. The average molecular weight is 222 g/mol. The number of anilines is 1. The molecule has 0 atom stereocenters. The van der Waals surface area contributed by atoms with Gasteiger partial charge in [0, 0.05) is 14.1 Å². The van der Waals surface area contributed by atoms with Gasteiger partial charge in [-0.25, -0.2) is 9.59 Å². The molecule has 0 heterocycles. The number of rotatable bonds is 2. The molecule has 1 aromatic carbocycles. The Balaban J connectivity index is 3.11. The highest BCUT2D eigenvalue weighted by molar-refractivity contribution is 6.00. The van der Waals surface area contributed by atoms with E-state index in [2.05, 4.69) is 5.32 Å². The lowest BCUT2D eigenvalue weighted by Crippen LogP contribution is -2.28. The molecule has 0 spiro atoms. The maximum absolute atomic E-state index is 11.5. The van der Waals surface area contributed by atoms with Gasteiger partial charge < -0.3 is 15.3 Å². The first-order valence-corrected chi connectivity index (χ1v) is 4.74. The predicted molar refractivity (Wildman–Crippen MR) is 60.8 cm³/mol. The number of nitrogens with zero attached hydrogens (tertiary/aromatic N) is 1. The van der Waals surface area contributed by atoms with Gasteiger partial charge in [0.25, 0.3) is 0 Å². The molecule has 0 aliphatic heterocycles. The Bertz CT molecular complexity index is 427. The number of carbonyl (C=O) groups is 2. The van der Waals surface area contributed by atoms with E-state index >= 15 is 0 Å². The number of amides is 2. The first kappa shape index (κ1) is 12.0. The summed E-state index contributed by atoms with van der Waals surface area (Å²) in [4.78, 5) is 23.8. The number of carboxylic acids is 1. The van der Waals surface area contributed by atoms with Crippen LogP contribution in [0.15, 0.2) is 18.2 Å². The van der Waals surface area contributed by atoms with Crippen molar-refractivity contribution < 1.29 is 14.7 Å². The van der Waals surface area contributed by atoms with Crippen LogP contribution in [0, 0.1) is 6.92 Å². The number of hydrogen-bond donors (Lipinski definition) is 2. The molecular weight excluding hydrogens is 208 g/mol. The summed E-state index contributed by atoms with van der Waals surface area (Å²) in [5, 5.41) is 11.5. The second kappa shape index (κ2) is 4.65. The Morgan fingerprint density at radius 2 is 1.94 bits per heavy atom. The van der Waals surface area contributed by atoms with Crippen molar-refractivity contribution >= 4 is 17.7 Å². The number of carbonyl (C=O) groups excluding carboxylic acids is 1. The first-order chi connectivity index (χ1) is 7.43. The summed E-state index contributed by atoms with van der Waals surface area (Å²) in [7, 11) is 3.18. The van der Waals surface area contributed by atoms with E-state index in [4.69, 9.17) is 5.11 Å². The Morgan fingerprint density at radius 3 is 2.44 bits per heavy atom. The molecule has 0 saturated carbocycles. The molecule has 1 rings (SSSR count). The smallest absolute Gasteiger partial charge is 0.337 e. The molecular formula is C11H14N2O3. The average Bonchev–Trinajstić information content (AvgIpc) is 2.20. The molecule has 0 aliphatic carbocycles. The Kier molecular flexibility index (Phi) is 3.50. The van der Waals surface area contributed by atoms with Crippen molar-refractivity contribution in [1.29, 1.82) is 0 Å². The molecule has 2 N–H and O–H groups in total. The largest absolute Gasteiger partial charge is 0.478 e. The van der Waals surface area contributed by atoms with Crippen molar-refractivity contribution in [3.8, 4) is 0 Å². The number of carboxylic acid groups (broad SMARTS) is 1. The van der Waals surface area contributed by atoms with Crippen LogP contribution in [-0.2, 0) is 0 Å². The standard InChI is InChI=1S/C11H14N2O3/c1-7-5-4-6-8(10(14)15)9(7)12-11(16)13(2)3/h4-6H,1-3H3,(H,12,16)(H,14,15). The van der Waals surface area contributed by atoms with Crippen molar-refractivity contribution in [3.05, 3.63) is 29.3 Å². The number of para-hydroxylation sites is 1. The topological polar surface area (TPSA) is 69.6 Å². The molecule has 2 amide bonds. The number of urea groups is 1. The van der Waals surface area contributed by atoms with Crippen LogP contribution in [0.5, 0.6) is 0 Å². The first-order valence-electron chi connectivity index (χ1n) is 4.74. The highest BCUT2D eigenvalue weighted by atomic mass is 16.4. The normalized spacial score (nSPS) is 9.69. The molecule has 0 saturated heterocycles. The van der Waals surface area contributed by atoms with Crippen LogP contribution in [-0.4, -0.2) is 36.1 Å². The van der Waals surface area contributed by atoms with E-state index in [1.54, 1.807) is 33.2 Å². The van der Waals surface area contributed by atoms with E-state index in [1.807, 2.05) is 0 Å². The monoisotopic (exact) mass is 222 g/mol. The van der Waals surface area contributed by atoms with Crippen molar-refractivity contribution in [2.75, 3.05) is 19.4 Å². The molecule has 0 unspecified atom stereocenters. The Morgan fingerprint density at radius 1 is 1.31 bits per heavy atom. The fraction of sp³-hybridized carbons (Fsp3) is 0.273. The van der Waals surface area contributed by atoms with Crippen LogP contribution in [0.25, 0.3) is 0 Å². The SMILES string of the molecule is Cc1cccc(C(=O)O)c1NC(=O)N(C)C. The minimum absolute atomic E-state index is 0.0928. The summed E-state index contributed by atoms with van der Waals surface area (Å²) in [6.07, 6.45) is 0. The summed E-state index contributed by atoms with van der Waals surface area (Å²) >= 11 is 0. The van der Waals surface area contributed by atoms with Crippen LogP contribution >= 0.6 is 0 Å². The third-order valence-corrected chi connectivity index (χ3v) is 2.14. The fourth-order valence-electron chi connectivity index (χ4n) is 1.23. The van der Waals surface area contributed by atoms with Gasteiger partial charge in [0.2, 0.25) is 0 Å². The third kappa shape index (κ3) is 2.50. The van der Waals surface area contributed by atoms with E-state index in [0.717, 1.165) is 5.56 Å². The highest BCUT2D eigenvalue weighted by Crippen LogP contribution is 2.20. The number of benzene rings is 1. The summed E-state index contributed by atoms with van der Waals surface area (Å²) in [6.45, 7) is 1.75. The van der Waals surface area contributed by atoms with E-state index in [9.17, 15) is 9.59 Å². The maximum Gasteiger partial charge on any atom is 0.337 e. The Labute approximate surface area is 93.7 Å². The zero-order chi connectivity index (χ0) is 12.3. The quantitative estimate of drug-likeness (QED) is 0.801. The number of aromatic carboxylic acids is 1. The maximum atomic E-state index is 11.5. The lowest BCUT2D eigenvalue weighted by Gasteiger charge is -2.15. The van der Waals surface area contributed by atoms with Gasteiger partial charge in [-0.1, -0.05) is 12.1 Å². The van der Waals surface area contributed by atoms with Gasteiger partial charge in [0.05, 0.1) is 11.3 Å². The van der Waals surface area contributed by atoms with Crippen LogP contribution in [0.4, 0.5) is 10.5 Å². The van der Waals surface area contributed by atoms with Crippen LogP contribution < -0.4 is 5.32 Å². The number of hydrogen-bond acceptors (Lipinski definition) is 2. The minimum atomic E-state index is -1.06. The molecule has 0 fully saturated rings. The molecule has 0 radical (unpaired) electrons. The molecule has 0 aliphatic rings. The molecule has 0 aromatic heterocycles. The molecule has 16 heavy (non-hydrogen) atoms. The van der Waals surface area contributed by atoms with E-state index in [0.29, 0.717) is 5.69 Å². The van der Waals surface area contributed by atoms with E-state index < -0.39 is 5.97 Å². The summed E-state index contributed by atoms with van der Waals surface area (Å²) in [6, 6.07) is 4.50. The van der Waals surface area contributed by atoms with E-state index in [1.165, 1.54) is 11.0 Å². The van der Waals surface area contributed by atoms with Crippen LogP contribution in [0.3, 0.4) is 0 Å². The minimum Gasteiger partial charge on any atom is -0.478 e. The van der Waals surface area contributed by atoms with Gasteiger partial charge in [-0.05, 0) is 18.6 Å². The summed E-state index contributed by atoms with van der Waals surface area (Å²) in [5.74, 6) is -1.06. The van der Waals surface area contributed by atoms with Gasteiger partial charge in [-0.2, -0.15) is 0 Å². The van der Waals surface area contributed by atoms with Crippen molar-refractivity contribution in [2.24, 2.45) is 0 Å². The lowest BCUT2D eigenvalue weighted by molar-refractivity contribution is 0.0698. The molecule has 86 valence electrons. The van der Waals surface area contributed by atoms with E-state index in [-0.39, 0.29) is 11.6 Å². The third-order valence-electron chi connectivity index (χ3n) is 2.14. The van der Waals surface area contributed by atoms with Gasteiger partial charge in [-0.3, -0.25) is 0 Å². The zero-order valence-corrected chi connectivity index (χ0v) is 9.44. The van der Waals surface area contributed by atoms with Gasteiger partial charge in [-0.15, -0.1) is 0 Å². The molecule has 5 heteroatoms.